The molecule has 146 valence electrons. The van der Waals surface area contributed by atoms with Gasteiger partial charge in [-0.25, -0.2) is 0 Å². The minimum absolute atomic E-state index is 0.117. The Bertz CT molecular complexity index is 1200. The molecule has 0 saturated carbocycles. The molecule has 0 unspecified atom stereocenters. The second kappa shape index (κ2) is 8.10. The minimum Gasteiger partial charge on any atom is -0.497 e. The molecule has 3 aromatic carbocycles. The Labute approximate surface area is 168 Å². The van der Waals surface area contributed by atoms with E-state index >= 15 is 0 Å². The molecule has 0 atom stereocenters. The zero-order chi connectivity index (χ0) is 20.2. The number of ether oxygens (including phenoxy) is 2. The Kier molecular flexibility index (Phi) is 5.20. The van der Waals surface area contributed by atoms with Crippen molar-refractivity contribution in [3.63, 3.8) is 0 Å². The maximum Gasteiger partial charge on any atom is 0.253 e. The topological polar surface area (TPSA) is 63.4 Å². The van der Waals surface area contributed by atoms with Crippen molar-refractivity contribution < 1.29 is 9.47 Å². The van der Waals surface area contributed by atoms with E-state index in [1.54, 1.807) is 14.2 Å². The summed E-state index contributed by atoms with van der Waals surface area (Å²) in [6.45, 7) is 0.372. The van der Waals surface area contributed by atoms with E-state index in [0.29, 0.717) is 12.1 Å². The summed E-state index contributed by atoms with van der Waals surface area (Å²) in [5.74, 6) is 1.48. The zero-order valence-corrected chi connectivity index (χ0v) is 16.4. The van der Waals surface area contributed by atoms with Crippen molar-refractivity contribution >= 4 is 16.6 Å². The number of methoxy groups -OCH3 is 2. The van der Waals surface area contributed by atoms with Gasteiger partial charge in [0.05, 0.1) is 19.9 Å². The largest absolute Gasteiger partial charge is 0.497 e. The molecule has 0 aliphatic heterocycles. The van der Waals surface area contributed by atoms with Gasteiger partial charge < -0.3 is 19.8 Å². The maximum atomic E-state index is 12.5. The SMILES string of the molecule is COc1ccc2[nH]c(=O)c(CNc3cc(-c4ccccc4)ccc3OC)cc2c1. The number of H-pyrrole nitrogens is 1. The Balaban J connectivity index is 1.64. The van der Waals surface area contributed by atoms with Crippen LogP contribution in [0.2, 0.25) is 0 Å². The van der Waals surface area contributed by atoms with Gasteiger partial charge in [-0.15, -0.1) is 0 Å². The molecule has 5 nitrogen and oxygen atoms in total. The van der Waals surface area contributed by atoms with E-state index in [2.05, 4.69) is 22.4 Å². The Hall–Kier alpha value is -3.73. The Morgan fingerprint density at radius 1 is 0.862 bits per heavy atom. The average Bonchev–Trinajstić information content (AvgIpc) is 2.77. The molecule has 0 spiro atoms. The van der Waals surface area contributed by atoms with Crippen molar-refractivity contribution in [3.8, 4) is 22.6 Å². The van der Waals surface area contributed by atoms with E-state index in [4.69, 9.17) is 9.47 Å². The van der Waals surface area contributed by atoms with E-state index in [9.17, 15) is 4.79 Å². The summed E-state index contributed by atoms with van der Waals surface area (Å²) >= 11 is 0. The first-order chi connectivity index (χ1) is 14.2. The molecule has 0 fully saturated rings. The van der Waals surface area contributed by atoms with Crippen LogP contribution in [0.4, 0.5) is 5.69 Å². The second-order valence-electron chi connectivity index (χ2n) is 6.71. The molecule has 0 saturated heterocycles. The van der Waals surface area contributed by atoms with Gasteiger partial charge in [-0.2, -0.15) is 0 Å². The number of hydrogen-bond acceptors (Lipinski definition) is 4. The number of nitrogens with one attached hydrogen (secondary N) is 2. The van der Waals surface area contributed by atoms with Crippen molar-refractivity contribution in [2.45, 2.75) is 6.54 Å². The third kappa shape index (κ3) is 3.94. The van der Waals surface area contributed by atoms with Gasteiger partial charge in [0.1, 0.15) is 11.5 Å². The number of rotatable bonds is 6. The smallest absolute Gasteiger partial charge is 0.253 e. The van der Waals surface area contributed by atoms with Crippen molar-refractivity contribution in [3.05, 3.63) is 88.7 Å². The van der Waals surface area contributed by atoms with Gasteiger partial charge in [0.15, 0.2) is 0 Å². The number of hydrogen-bond donors (Lipinski definition) is 2. The third-order valence-corrected chi connectivity index (χ3v) is 4.90. The lowest BCUT2D eigenvalue weighted by atomic mass is 10.0. The fraction of sp³-hybridized carbons (Fsp3) is 0.125. The van der Waals surface area contributed by atoms with Crippen LogP contribution in [0.15, 0.2) is 77.6 Å². The van der Waals surface area contributed by atoms with Gasteiger partial charge >= 0.3 is 0 Å². The van der Waals surface area contributed by atoms with E-state index < -0.39 is 0 Å². The van der Waals surface area contributed by atoms with Crippen LogP contribution in [0.5, 0.6) is 11.5 Å². The first-order valence-electron chi connectivity index (χ1n) is 9.35. The molecule has 0 aliphatic rings. The highest BCUT2D eigenvalue weighted by Crippen LogP contribution is 2.31. The predicted octanol–water partition coefficient (Wildman–Crippen LogP) is 4.82. The predicted molar refractivity (Wildman–Crippen MR) is 117 cm³/mol. The molecule has 4 aromatic rings. The molecule has 2 N–H and O–H groups in total. The van der Waals surface area contributed by atoms with E-state index in [1.807, 2.05) is 60.7 Å². The van der Waals surface area contributed by atoms with Crippen molar-refractivity contribution in [2.24, 2.45) is 0 Å². The van der Waals surface area contributed by atoms with Crippen LogP contribution < -0.4 is 20.3 Å². The molecule has 1 heterocycles. The summed E-state index contributed by atoms with van der Waals surface area (Å²) in [7, 11) is 3.26. The first kappa shape index (κ1) is 18.6. The number of fused-ring (bicyclic) bond motifs is 1. The second-order valence-corrected chi connectivity index (χ2v) is 6.71. The maximum absolute atomic E-state index is 12.5. The van der Waals surface area contributed by atoms with Crippen molar-refractivity contribution in [1.82, 2.24) is 4.98 Å². The van der Waals surface area contributed by atoms with Crippen LogP contribution >= 0.6 is 0 Å². The normalized spacial score (nSPS) is 10.7. The third-order valence-electron chi connectivity index (χ3n) is 4.90. The molecule has 0 aliphatic carbocycles. The lowest BCUT2D eigenvalue weighted by Gasteiger charge is -2.13. The van der Waals surface area contributed by atoms with E-state index in [1.165, 1.54) is 0 Å². The number of aromatic nitrogens is 1. The lowest BCUT2D eigenvalue weighted by Crippen LogP contribution is -2.15. The molecule has 5 heteroatoms. The molecule has 0 amide bonds. The van der Waals surface area contributed by atoms with Crippen LogP contribution in [0.3, 0.4) is 0 Å². The summed E-state index contributed by atoms with van der Waals surface area (Å²) in [6.07, 6.45) is 0. The van der Waals surface area contributed by atoms with Crippen LogP contribution in [0.1, 0.15) is 5.56 Å². The lowest BCUT2D eigenvalue weighted by molar-refractivity contribution is 0.415. The van der Waals surface area contributed by atoms with Crippen LogP contribution in [0, 0.1) is 0 Å². The Morgan fingerprint density at radius 3 is 2.45 bits per heavy atom. The number of aromatic amines is 1. The van der Waals surface area contributed by atoms with Crippen molar-refractivity contribution in [2.75, 3.05) is 19.5 Å². The summed E-state index contributed by atoms with van der Waals surface area (Å²) in [5.41, 5.74) is 4.33. The molecular weight excluding hydrogens is 364 g/mol. The van der Waals surface area contributed by atoms with Gasteiger partial charge in [0.2, 0.25) is 0 Å². The number of benzene rings is 3. The van der Waals surface area contributed by atoms with Gasteiger partial charge in [0, 0.05) is 23.0 Å². The molecule has 1 aromatic heterocycles. The monoisotopic (exact) mass is 386 g/mol. The standard InChI is InChI=1S/C24H22N2O3/c1-28-20-9-10-21-18(13-20)12-19(24(27)26-21)15-25-22-14-17(8-11-23(22)29-2)16-6-4-3-5-7-16/h3-14,25H,15H2,1-2H3,(H,26,27). The first-order valence-corrected chi connectivity index (χ1v) is 9.35. The highest BCUT2D eigenvalue weighted by atomic mass is 16.5. The molecular formula is C24H22N2O3. The van der Waals surface area contributed by atoms with Crippen LogP contribution in [0.25, 0.3) is 22.0 Å². The number of anilines is 1. The van der Waals surface area contributed by atoms with Gasteiger partial charge in [-0.3, -0.25) is 4.79 Å². The highest BCUT2D eigenvalue weighted by Gasteiger charge is 2.09. The van der Waals surface area contributed by atoms with E-state index in [-0.39, 0.29) is 5.56 Å². The van der Waals surface area contributed by atoms with E-state index in [0.717, 1.165) is 39.2 Å². The molecule has 29 heavy (non-hydrogen) atoms. The van der Waals surface area contributed by atoms with Crippen molar-refractivity contribution in [1.29, 1.82) is 0 Å². The Morgan fingerprint density at radius 2 is 1.69 bits per heavy atom. The minimum atomic E-state index is -0.117. The highest BCUT2D eigenvalue weighted by molar-refractivity contribution is 5.80. The summed E-state index contributed by atoms with van der Waals surface area (Å²) in [6, 6.07) is 23.6. The average molecular weight is 386 g/mol. The van der Waals surface area contributed by atoms with Crippen LogP contribution in [-0.2, 0) is 6.54 Å². The summed E-state index contributed by atoms with van der Waals surface area (Å²) in [4.78, 5) is 15.4. The zero-order valence-electron chi connectivity index (χ0n) is 16.4. The van der Waals surface area contributed by atoms with Crippen LogP contribution in [-0.4, -0.2) is 19.2 Å². The van der Waals surface area contributed by atoms with Gasteiger partial charge in [0.25, 0.3) is 5.56 Å². The summed E-state index contributed by atoms with van der Waals surface area (Å²) < 4.78 is 10.8. The fourth-order valence-corrected chi connectivity index (χ4v) is 3.33. The summed E-state index contributed by atoms with van der Waals surface area (Å²) in [5, 5.41) is 4.27. The van der Waals surface area contributed by atoms with Gasteiger partial charge in [-0.05, 0) is 47.5 Å². The fourth-order valence-electron chi connectivity index (χ4n) is 3.33. The van der Waals surface area contributed by atoms with Gasteiger partial charge in [-0.1, -0.05) is 36.4 Å². The quantitative estimate of drug-likeness (QED) is 0.498. The molecule has 0 radical (unpaired) electrons. The number of pyridine rings is 1. The molecule has 4 rings (SSSR count). The molecule has 0 bridgehead atoms.